The summed E-state index contributed by atoms with van der Waals surface area (Å²) in [6.07, 6.45) is -4.96. The Kier molecular flexibility index (Phi) is 5.48. The van der Waals surface area contributed by atoms with Crippen LogP contribution in [0.5, 0.6) is 0 Å². The van der Waals surface area contributed by atoms with Gasteiger partial charge in [-0.1, -0.05) is 6.07 Å². The summed E-state index contributed by atoms with van der Waals surface area (Å²) in [5.74, 6) is -0.516. The van der Waals surface area contributed by atoms with Crippen LogP contribution in [-0.4, -0.2) is 50.3 Å². The number of anilines is 1. The maximum Gasteiger partial charge on any atom is 0.390 e. The highest BCUT2D eigenvalue weighted by Crippen LogP contribution is 2.24. The minimum atomic E-state index is -4.15. The molecule has 8 heteroatoms. The van der Waals surface area contributed by atoms with Crippen molar-refractivity contribution in [3.05, 3.63) is 29.3 Å². The Labute approximate surface area is 132 Å². The topological polar surface area (TPSA) is 67.6 Å². The summed E-state index contributed by atoms with van der Waals surface area (Å²) in [4.78, 5) is 13.3. The maximum absolute atomic E-state index is 12.3. The van der Waals surface area contributed by atoms with Crippen molar-refractivity contribution in [1.82, 2.24) is 10.2 Å². The molecule has 0 amide bonds. The van der Waals surface area contributed by atoms with Crippen LogP contribution in [0.2, 0.25) is 0 Å². The molecular formula is C15H20F3N3O2. The van der Waals surface area contributed by atoms with Gasteiger partial charge in [0.25, 0.3) is 0 Å². The van der Waals surface area contributed by atoms with E-state index in [1.165, 1.54) is 7.11 Å². The number of piperazine rings is 1. The number of ether oxygens (including phenoxy) is 1. The molecule has 0 saturated carbocycles. The Morgan fingerprint density at radius 2 is 2.22 bits per heavy atom. The number of alkyl halides is 3. The third kappa shape index (κ3) is 4.84. The molecule has 0 bridgehead atoms. The lowest BCUT2D eigenvalue weighted by Gasteiger charge is -2.34. The van der Waals surface area contributed by atoms with Crippen LogP contribution in [0.25, 0.3) is 0 Å². The molecule has 1 aromatic rings. The number of nitrogen functional groups attached to an aromatic ring is 1. The summed E-state index contributed by atoms with van der Waals surface area (Å²) >= 11 is 0. The van der Waals surface area contributed by atoms with Crippen LogP contribution < -0.4 is 11.1 Å². The fourth-order valence-corrected chi connectivity index (χ4v) is 2.62. The molecule has 0 radical (unpaired) electrons. The number of nitrogens with two attached hydrogens (primary N) is 1. The zero-order valence-electron chi connectivity index (χ0n) is 12.8. The van der Waals surface area contributed by atoms with Crippen LogP contribution in [0.3, 0.4) is 0 Å². The standard InChI is InChI=1S/C15H20F3N3O2/c1-23-14(22)11-3-2-10(8-12(11)19)13-9-21(7-5-20-13)6-4-15(16,17)18/h2-3,8,13,20H,4-7,9,19H2,1H3. The largest absolute Gasteiger partial charge is 0.465 e. The van der Waals surface area contributed by atoms with Gasteiger partial charge in [-0.05, 0) is 17.7 Å². The number of methoxy groups -OCH3 is 1. The Morgan fingerprint density at radius 1 is 1.48 bits per heavy atom. The van der Waals surface area contributed by atoms with E-state index in [0.29, 0.717) is 25.3 Å². The average Bonchev–Trinajstić information content (AvgIpc) is 2.52. The minimum Gasteiger partial charge on any atom is -0.465 e. The zero-order valence-corrected chi connectivity index (χ0v) is 12.8. The smallest absolute Gasteiger partial charge is 0.390 e. The van der Waals surface area contributed by atoms with E-state index in [-0.39, 0.29) is 18.2 Å². The highest BCUT2D eigenvalue weighted by atomic mass is 19.4. The van der Waals surface area contributed by atoms with Gasteiger partial charge < -0.3 is 15.8 Å². The molecule has 1 unspecified atom stereocenters. The van der Waals surface area contributed by atoms with Crippen molar-refractivity contribution in [2.24, 2.45) is 0 Å². The monoisotopic (exact) mass is 331 g/mol. The molecule has 1 aliphatic heterocycles. The Hall–Kier alpha value is -1.80. The van der Waals surface area contributed by atoms with Crippen molar-refractivity contribution in [2.75, 3.05) is 39.0 Å². The highest BCUT2D eigenvalue weighted by molar-refractivity contribution is 5.95. The number of hydrogen-bond donors (Lipinski definition) is 2. The summed E-state index contributed by atoms with van der Waals surface area (Å²) in [5, 5.41) is 3.26. The lowest BCUT2D eigenvalue weighted by Crippen LogP contribution is -2.46. The molecule has 1 atom stereocenters. The normalized spacial score (nSPS) is 19.6. The molecule has 2 rings (SSSR count). The Balaban J connectivity index is 2.03. The van der Waals surface area contributed by atoms with Crippen molar-refractivity contribution >= 4 is 11.7 Å². The Bertz CT molecular complexity index is 563. The molecular weight excluding hydrogens is 311 g/mol. The third-order valence-electron chi connectivity index (χ3n) is 3.85. The van der Waals surface area contributed by atoms with Gasteiger partial charge in [-0.2, -0.15) is 13.2 Å². The number of rotatable bonds is 4. The average molecular weight is 331 g/mol. The molecule has 128 valence electrons. The number of halogens is 3. The number of nitrogens with zero attached hydrogens (tertiary/aromatic N) is 1. The predicted molar refractivity (Wildman–Crippen MR) is 80.0 cm³/mol. The van der Waals surface area contributed by atoms with Crippen LogP contribution >= 0.6 is 0 Å². The van der Waals surface area contributed by atoms with E-state index in [1.54, 1.807) is 23.1 Å². The van der Waals surface area contributed by atoms with E-state index in [4.69, 9.17) is 5.73 Å². The summed E-state index contributed by atoms with van der Waals surface area (Å²) in [7, 11) is 1.27. The van der Waals surface area contributed by atoms with Gasteiger partial charge in [-0.15, -0.1) is 0 Å². The summed E-state index contributed by atoms with van der Waals surface area (Å²) in [6.45, 7) is 1.62. The molecule has 1 heterocycles. The zero-order chi connectivity index (χ0) is 17.0. The first-order valence-corrected chi connectivity index (χ1v) is 7.30. The predicted octanol–water partition coefficient (Wildman–Crippen LogP) is 1.95. The molecule has 0 aromatic heterocycles. The van der Waals surface area contributed by atoms with Crippen molar-refractivity contribution < 1.29 is 22.7 Å². The molecule has 0 spiro atoms. The lowest BCUT2D eigenvalue weighted by atomic mass is 10.0. The van der Waals surface area contributed by atoms with Gasteiger partial charge in [0.2, 0.25) is 0 Å². The van der Waals surface area contributed by atoms with E-state index in [0.717, 1.165) is 5.56 Å². The van der Waals surface area contributed by atoms with Gasteiger partial charge in [0.15, 0.2) is 0 Å². The number of nitrogens with one attached hydrogen (secondary N) is 1. The van der Waals surface area contributed by atoms with E-state index < -0.39 is 18.6 Å². The first kappa shape index (κ1) is 17.6. The maximum atomic E-state index is 12.3. The second-order valence-corrected chi connectivity index (χ2v) is 5.51. The molecule has 1 aliphatic rings. The van der Waals surface area contributed by atoms with Crippen molar-refractivity contribution in [1.29, 1.82) is 0 Å². The summed E-state index contributed by atoms with van der Waals surface area (Å²) < 4.78 is 41.6. The lowest BCUT2D eigenvalue weighted by molar-refractivity contribution is -0.138. The molecule has 3 N–H and O–H groups in total. The molecule has 23 heavy (non-hydrogen) atoms. The number of carbonyl (C=O) groups excluding carboxylic acids is 1. The van der Waals surface area contributed by atoms with E-state index in [2.05, 4.69) is 10.1 Å². The number of carbonyl (C=O) groups is 1. The van der Waals surface area contributed by atoms with Crippen LogP contribution in [-0.2, 0) is 4.74 Å². The fourth-order valence-electron chi connectivity index (χ4n) is 2.62. The van der Waals surface area contributed by atoms with E-state index >= 15 is 0 Å². The molecule has 1 fully saturated rings. The summed E-state index contributed by atoms with van der Waals surface area (Å²) in [5.41, 5.74) is 7.28. The second-order valence-electron chi connectivity index (χ2n) is 5.51. The number of hydrogen-bond acceptors (Lipinski definition) is 5. The third-order valence-corrected chi connectivity index (χ3v) is 3.85. The summed E-state index contributed by atoms with van der Waals surface area (Å²) in [6, 6.07) is 4.86. The van der Waals surface area contributed by atoms with Crippen LogP contribution in [0.1, 0.15) is 28.4 Å². The first-order chi connectivity index (χ1) is 10.8. The van der Waals surface area contributed by atoms with E-state index in [9.17, 15) is 18.0 Å². The van der Waals surface area contributed by atoms with Gasteiger partial charge in [-0.25, -0.2) is 4.79 Å². The van der Waals surface area contributed by atoms with Crippen molar-refractivity contribution in [3.8, 4) is 0 Å². The second kappa shape index (κ2) is 7.18. The van der Waals surface area contributed by atoms with Gasteiger partial charge in [0, 0.05) is 37.9 Å². The Morgan fingerprint density at radius 3 is 2.83 bits per heavy atom. The first-order valence-electron chi connectivity index (χ1n) is 7.30. The fraction of sp³-hybridized carbons (Fsp3) is 0.533. The quantitative estimate of drug-likeness (QED) is 0.652. The SMILES string of the molecule is COC(=O)c1ccc(C2CN(CCC(F)(F)F)CCN2)cc1N. The molecule has 1 aromatic carbocycles. The number of benzene rings is 1. The van der Waals surface area contributed by atoms with E-state index in [1.807, 2.05) is 0 Å². The van der Waals surface area contributed by atoms with Crippen LogP contribution in [0.4, 0.5) is 18.9 Å². The van der Waals surface area contributed by atoms with Crippen molar-refractivity contribution in [3.63, 3.8) is 0 Å². The molecule has 1 saturated heterocycles. The van der Waals surface area contributed by atoms with Crippen LogP contribution in [0.15, 0.2) is 18.2 Å². The number of esters is 1. The van der Waals surface area contributed by atoms with Gasteiger partial charge in [-0.3, -0.25) is 4.90 Å². The van der Waals surface area contributed by atoms with Crippen molar-refractivity contribution in [2.45, 2.75) is 18.6 Å². The molecule has 0 aliphatic carbocycles. The highest BCUT2D eigenvalue weighted by Gasteiger charge is 2.29. The van der Waals surface area contributed by atoms with Gasteiger partial charge in [0.1, 0.15) is 0 Å². The van der Waals surface area contributed by atoms with Gasteiger partial charge in [0.05, 0.1) is 19.1 Å². The van der Waals surface area contributed by atoms with Crippen LogP contribution in [0, 0.1) is 0 Å². The minimum absolute atomic E-state index is 0.0165. The molecule has 5 nitrogen and oxygen atoms in total. The van der Waals surface area contributed by atoms with Gasteiger partial charge >= 0.3 is 12.1 Å².